The number of imidazole rings is 1. The Balaban J connectivity index is 0.000000704. The molecular weight excluding hydrogens is 244 g/mol. The van der Waals surface area contributed by atoms with Crippen LogP contribution >= 0.6 is 0 Å². The third-order valence-corrected chi connectivity index (χ3v) is 2.77. The van der Waals surface area contributed by atoms with E-state index in [-0.39, 0.29) is 0 Å². The van der Waals surface area contributed by atoms with E-state index in [0.29, 0.717) is 0 Å². The van der Waals surface area contributed by atoms with Crippen LogP contribution in [-0.2, 0) is 0 Å². The molecule has 0 N–H and O–H groups in total. The van der Waals surface area contributed by atoms with Crippen LogP contribution in [0.4, 0.5) is 0 Å². The first-order valence-corrected chi connectivity index (χ1v) is 6.84. The SMILES string of the molecule is CC.Cc1cccc(C#Cc2cnc3ccccn23)c1. The molecule has 2 aromatic heterocycles. The molecule has 20 heavy (non-hydrogen) atoms. The minimum atomic E-state index is 0.909. The number of nitrogens with zero attached hydrogens (tertiary/aromatic N) is 2. The van der Waals surface area contributed by atoms with Gasteiger partial charge in [-0.1, -0.05) is 38.0 Å². The van der Waals surface area contributed by atoms with Crippen LogP contribution < -0.4 is 0 Å². The molecule has 0 saturated carbocycles. The van der Waals surface area contributed by atoms with Crippen LogP contribution in [0.1, 0.15) is 30.7 Å². The van der Waals surface area contributed by atoms with Crippen molar-refractivity contribution in [2.24, 2.45) is 0 Å². The summed E-state index contributed by atoms with van der Waals surface area (Å²) in [6, 6.07) is 14.1. The third-order valence-electron chi connectivity index (χ3n) is 2.77. The number of aryl methyl sites for hydroxylation is 1. The van der Waals surface area contributed by atoms with E-state index in [1.54, 1.807) is 6.20 Å². The second kappa shape index (κ2) is 6.58. The van der Waals surface area contributed by atoms with Gasteiger partial charge in [0.1, 0.15) is 11.3 Å². The Bertz CT molecular complexity index is 757. The van der Waals surface area contributed by atoms with Crippen molar-refractivity contribution in [2.45, 2.75) is 20.8 Å². The van der Waals surface area contributed by atoms with E-state index < -0.39 is 0 Å². The van der Waals surface area contributed by atoms with Gasteiger partial charge >= 0.3 is 0 Å². The Morgan fingerprint density at radius 3 is 2.65 bits per heavy atom. The van der Waals surface area contributed by atoms with Gasteiger partial charge in [0.2, 0.25) is 0 Å². The maximum absolute atomic E-state index is 4.31. The van der Waals surface area contributed by atoms with Gasteiger partial charge in [0, 0.05) is 11.8 Å². The largest absolute Gasteiger partial charge is 0.293 e. The molecule has 2 heteroatoms. The van der Waals surface area contributed by atoms with Crippen LogP contribution in [0.5, 0.6) is 0 Å². The number of rotatable bonds is 0. The van der Waals surface area contributed by atoms with Gasteiger partial charge in [-0.25, -0.2) is 4.98 Å². The molecule has 0 aliphatic carbocycles. The van der Waals surface area contributed by atoms with Crippen LogP contribution in [0.15, 0.2) is 54.9 Å². The quantitative estimate of drug-likeness (QED) is 0.558. The zero-order chi connectivity index (χ0) is 14.4. The first kappa shape index (κ1) is 13.9. The number of benzene rings is 1. The molecule has 100 valence electrons. The number of hydrogen-bond donors (Lipinski definition) is 0. The Kier molecular flexibility index (Phi) is 4.57. The van der Waals surface area contributed by atoms with Crippen molar-refractivity contribution in [3.8, 4) is 11.8 Å². The third kappa shape index (κ3) is 3.07. The topological polar surface area (TPSA) is 17.3 Å². The summed E-state index contributed by atoms with van der Waals surface area (Å²) in [5, 5.41) is 0. The fraction of sp³-hybridized carbons (Fsp3) is 0.167. The van der Waals surface area contributed by atoms with Gasteiger partial charge in [-0.2, -0.15) is 0 Å². The molecule has 0 unspecified atom stereocenters. The lowest BCUT2D eigenvalue weighted by Crippen LogP contribution is -1.86. The molecular formula is C18H18N2. The molecule has 0 radical (unpaired) electrons. The standard InChI is InChI=1S/C16H12N2.C2H6/c1-13-5-4-6-14(11-13)8-9-15-12-17-16-7-2-3-10-18(15)16;1-2/h2-7,10-12H,1H3;1-2H3. The highest BCUT2D eigenvalue weighted by Gasteiger charge is 1.97. The monoisotopic (exact) mass is 262 g/mol. The van der Waals surface area contributed by atoms with Crippen LogP contribution in [0.2, 0.25) is 0 Å². The van der Waals surface area contributed by atoms with E-state index in [0.717, 1.165) is 16.9 Å². The van der Waals surface area contributed by atoms with E-state index in [2.05, 4.69) is 35.9 Å². The summed E-state index contributed by atoms with van der Waals surface area (Å²) >= 11 is 0. The van der Waals surface area contributed by atoms with E-state index in [4.69, 9.17) is 0 Å². The molecule has 0 fully saturated rings. The van der Waals surface area contributed by atoms with Crippen LogP contribution in [0, 0.1) is 18.8 Å². The fourth-order valence-electron chi connectivity index (χ4n) is 1.88. The molecule has 0 saturated heterocycles. The zero-order valence-electron chi connectivity index (χ0n) is 12.1. The van der Waals surface area contributed by atoms with Crippen molar-refractivity contribution in [3.63, 3.8) is 0 Å². The lowest BCUT2D eigenvalue weighted by atomic mass is 10.1. The van der Waals surface area contributed by atoms with Gasteiger partial charge in [-0.05, 0) is 42.7 Å². The van der Waals surface area contributed by atoms with Crippen molar-refractivity contribution in [3.05, 3.63) is 71.7 Å². The van der Waals surface area contributed by atoms with Crippen molar-refractivity contribution < 1.29 is 0 Å². The van der Waals surface area contributed by atoms with Crippen molar-refractivity contribution in [1.82, 2.24) is 9.38 Å². The van der Waals surface area contributed by atoms with Gasteiger partial charge in [-0.15, -0.1) is 0 Å². The lowest BCUT2D eigenvalue weighted by Gasteiger charge is -1.94. The smallest absolute Gasteiger partial charge is 0.137 e. The molecule has 3 rings (SSSR count). The van der Waals surface area contributed by atoms with Crippen LogP contribution in [0.25, 0.3) is 5.65 Å². The molecule has 0 aliphatic heterocycles. The average Bonchev–Trinajstić information content (AvgIpc) is 2.91. The summed E-state index contributed by atoms with van der Waals surface area (Å²) < 4.78 is 1.99. The van der Waals surface area contributed by atoms with Crippen molar-refractivity contribution in [2.75, 3.05) is 0 Å². The van der Waals surface area contributed by atoms with E-state index in [1.165, 1.54) is 5.56 Å². The highest BCUT2D eigenvalue weighted by Crippen LogP contribution is 2.06. The molecule has 2 heterocycles. The Hall–Kier alpha value is -2.53. The van der Waals surface area contributed by atoms with Gasteiger partial charge in [-0.3, -0.25) is 4.40 Å². The average molecular weight is 262 g/mol. The minimum Gasteiger partial charge on any atom is -0.293 e. The number of fused-ring (bicyclic) bond motifs is 1. The molecule has 3 aromatic rings. The summed E-state index contributed by atoms with van der Waals surface area (Å²) in [5.41, 5.74) is 4.08. The molecule has 0 atom stereocenters. The molecule has 1 aromatic carbocycles. The lowest BCUT2D eigenvalue weighted by molar-refractivity contribution is 1.16. The predicted octanol–water partition coefficient (Wildman–Crippen LogP) is 4.07. The van der Waals surface area contributed by atoms with Gasteiger partial charge in [0.15, 0.2) is 0 Å². The Labute approximate surface area is 120 Å². The number of aromatic nitrogens is 2. The molecule has 0 amide bonds. The fourth-order valence-corrected chi connectivity index (χ4v) is 1.88. The first-order chi connectivity index (χ1) is 9.83. The van der Waals surface area contributed by atoms with Crippen LogP contribution in [0.3, 0.4) is 0 Å². The normalized spacial score (nSPS) is 9.35. The molecule has 2 nitrogen and oxygen atoms in total. The second-order valence-electron chi connectivity index (χ2n) is 4.19. The van der Waals surface area contributed by atoms with Gasteiger partial charge in [0.05, 0.1) is 6.20 Å². The Morgan fingerprint density at radius 2 is 1.85 bits per heavy atom. The van der Waals surface area contributed by atoms with Gasteiger partial charge in [0.25, 0.3) is 0 Å². The zero-order valence-corrected chi connectivity index (χ0v) is 12.1. The summed E-state index contributed by atoms with van der Waals surface area (Å²) in [7, 11) is 0. The van der Waals surface area contributed by atoms with E-state index in [1.807, 2.05) is 54.8 Å². The maximum Gasteiger partial charge on any atom is 0.137 e. The highest BCUT2D eigenvalue weighted by molar-refractivity contribution is 5.47. The number of pyridine rings is 1. The minimum absolute atomic E-state index is 0.909. The summed E-state index contributed by atoms with van der Waals surface area (Å²) in [4.78, 5) is 4.31. The Morgan fingerprint density at radius 1 is 1.00 bits per heavy atom. The summed E-state index contributed by atoms with van der Waals surface area (Å²) in [6.07, 6.45) is 3.78. The molecule has 0 bridgehead atoms. The summed E-state index contributed by atoms with van der Waals surface area (Å²) in [6.45, 7) is 6.07. The van der Waals surface area contributed by atoms with E-state index >= 15 is 0 Å². The van der Waals surface area contributed by atoms with Crippen LogP contribution in [-0.4, -0.2) is 9.38 Å². The molecule has 0 aliphatic rings. The molecule has 0 spiro atoms. The van der Waals surface area contributed by atoms with Gasteiger partial charge < -0.3 is 0 Å². The maximum atomic E-state index is 4.31. The predicted molar refractivity (Wildman–Crippen MR) is 83.7 cm³/mol. The highest BCUT2D eigenvalue weighted by atomic mass is 15.0. The first-order valence-electron chi connectivity index (χ1n) is 6.84. The number of hydrogen-bond acceptors (Lipinski definition) is 1. The van der Waals surface area contributed by atoms with E-state index in [9.17, 15) is 0 Å². The summed E-state index contributed by atoms with van der Waals surface area (Å²) in [5.74, 6) is 6.33. The second-order valence-corrected chi connectivity index (χ2v) is 4.19. The van der Waals surface area contributed by atoms with Crippen molar-refractivity contribution >= 4 is 5.65 Å². The van der Waals surface area contributed by atoms with Crippen molar-refractivity contribution in [1.29, 1.82) is 0 Å².